The maximum absolute atomic E-state index is 13.6. The van der Waals surface area contributed by atoms with Gasteiger partial charge in [-0.3, -0.25) is 9.59 Å². The third-order valence-electron chi connectivity index (χ3n) is 7.94. The number of allylic oxidation sites excluding steroid dienone is 1. The summed E-state index contributed by atoms with van der Waals surface area (Å²) in [5.74, 6) is -0.740. The van der Waals surface area contributed by atoms with Crippen molar-refractivity contribution in [2.24, 2.45) is 5.92 Å². The van der Waals surface area contributed by atoms with Crippen LogP contribution in [0.15, 0.2) is 36.4 Å². The predicted octanol–water partition coefficient (Wildman–Crippen LogP) is 7.08. The quantitative estimate of drug-likeness (QED) is 0.0594. The number of rotatable bonds is 27. The highest BCUT2D eigenvalue weighted by molar-refractivity contribution is 7.99. The molecule has 4 N–H and O–H groups in total. The van der Waals surface area contributed by atoms with Gasteiger partial charge in [0.2, 0.25) is 11.8 Å². The van der Waals surface area contributed by atoms with Crippen molar-refractivity contribution in [3.63, 3.8) is 0 Å². The summed E-state index contributed by atoms with van der Waals surface area (Å²) in [6.45, 7) is 6.73. The molecule has 8 nitrogen and oxygen atoms in total. The Morgan fingerprint density at radius 2 is 1.49 bits per heavy atom. The standard InChI is InChI=1S/C36H60N2O6S/c1-5-8-10-14-17-26-45-27-18-15-12-11-13-16-19-31(36(43,24-7-3)35(41)42)33(39)38-32(34(40)37-4)28-29-20-22-30(23-21-29)44-25-9-6-2/h16,19-23,31-32,43H,5-15,17-18,24-28H2,1-4H3,(H,37,40)(H,38,39)(H,41,42)/t31-,32+,36+/m1/s1. The molecule has 0 unspecified atom stereocenters. The number of carbonyl (C=O) groups excluding carboxylic acids is 2. The third kappa shape index (κ3) is 16.6. The number of carbonyl (C=O) groups is 3. The van der Waals surface area contributed by atoms with Crippen molar-refractivity contribution in [1.29, 1.82) is 0 Å². The van der Waals surface area contributed by atoms with Gasteiger partial charge in [-0.1, -0.05) is 96.4 Å². The highest BCUT2D eigenvalue weighted by atomic mass is 32.2. The lowest BCUT2D eigenvalue weighted by Gasteiger charge is -2.31. The Balaban J connectivity index is 2.78. The van der Waals surface area contributed by atoms with E-state index in [1.54, 1.807) is 13.0 Å². The van der Waals surface area contributed by atoms with Crippen molar-refractivity contribution in [3.05, 3.63) is 42.0 Å². The summed E-state index contributed by atoms with van der Waals surface area (Å²) >= 11 is 2.03. The lowest BCUT2D eigenvalue weighted by atomic mass is 9.82. The number of carboxylic acids is 1. The summed E-state index contributed by atoms with van der Waals surface area (Å²) in [7, 11) is 1.49. The Morgan fingerprint density at radius 3 is 2.07 bits per heavy atom. The van der Waals surface area contributed by atoms with Gasteiger partial charge in [0.1, 0.15) is 11.8 Å². The van der Waals surface area contributed by atoms with Gasteiger partial charge in [-0.05, 0) is 67.7 Å². The van der Waals surface area contributed by atoms with Crippen molar-refractivity contribution in [1.82, 2.24) is 10.6 Å². The summed E-state index contributed by atoms with van der Waals surface area (Å²) in [5, 5.41) is 26.5. The van der Waals surface area contributed by atoms with Crippen LogP contribution in [-0.4, -0.2) is 64.8 Å². The molecular formula is C36H60N2O6S. The molecule has 256 valence electrons. The van der Waals surface area contributed by atoms with Crippen LogP contribution in [0.5, 0.6) is 5.75 Å². The van der Waals surface area contributed by atoms with Gasteiger partial charge in [0.15, 0.2) is 5.60 Å². The molecule has 0 fully saturated rings. The lowest BCUT2D eigenvalue weighted by Crippen LogP contribution is -2.55. The molecule has 1 rings (SSSR count). The Bertz CT molecular complexity index is 986. The van der Waals surface area contributed by atoms with Gasteiger partial charge in [-0.25, -0.2) is 4.79 Å². The molecule has 0 aliphatic carbocycles. The second-order valence-electron chi connectivity index (χ2n) is 11.8. The van der Waals surface area contributed by atoms with E-state index in [0.717, 1.165) is 43.4 Å². The number of likely N-dealkylation sites (N-methyl/N-ethyl adjacent to an activating group) is 1. The molecule has 0 heterocycles. The van der Waals surface area contributed by atoms with E-state index in [1.807, 2.05) is 36.0 Å². The Kier molecular flexibility index (Phi) is 22.2. The number of aliphatic hydroxyl groups is 1. The van der Waals surface area contributed by atoms with E-state index in [2.05, 4.69) is 24.5 Å². The fourth-order valence-corrected chi connectivity index (χ4v) is 6.16. The van der Waals surface area contributed by atoms with E-state index in [-0.39, 0.29) is 12.8 Å². The van der Waals surface area contributed by atoms with Gasteiger partial charge in [0, 0.05) is 13.5 Å². The summed E-state index contributed by atoms with van der Waals surface area (Å²) in [6.07, 6.45) is 17.3. The normalized spacial score (nSPS) is 14.1. The summed E-state index contributed by atoms with van der Waals surface area (Å²) in [4.78, 5) is 38.6. The fraction of sp³-hybridized carbons (Fsp3) is 0.694. The number of hydrogen-bond donors (Lipinski definition) is 4. The second-order valence-corrected chi connectivity index (χ2v) is 13.1. The molecule has 1 aromatic rings. The van der Waals surface area contributed by atoms with E-state index in [0.29, 0.717) is 19.4 Å². The molecule has 0 saturated heterocycles. The van der Waals surface area contributed by atoms with Gasteiger partial charge in [0.25, 0.3) is 0 Å². The zero-order chi connectivity index (χ0) is 33.3. The van der Waals surface area contributed by atoms with Crippen LogP contribution < -0.4 is 15.4 Å². The molecule has 0 aliphatic rings. The first-order chi connectivity index (χ1) is 21.7. The molecule has 0 aliphatic heterocycles. The number of benzene rings is 1. The number of unbranched alkanes of at least 4 members (excludes halogenated alkanes) is 9. The highest BCUT2D eigenvalue weighted by Crippen LogP contribution is 2.27. The van der Waals surface area contributed by atoms with Crippen LogP contribution in [0.25, 0.3) is 0 Å². The minimum absolute atomic E-state index is 0.0921. The van der Waals surface area contributed by atoms with Crippen molar-refractivity contribution < 1.29 is 29.3 Å². The number of thioether (sulfide) groups is 1. The maximum atomic E-state index is 13.6. The summed E-state index contributed by atoms with van der Waals surface area (Å²) in [5.41, 5.74) is -1.47. The van der Waals surface area contributed by atoms with E-state index in [9.17, 15) is 24.6 Å². The van der Waals surface area contributed by atoms with Crippen LogP contribution >= 0.6 is 11.8 Å². The van der Waals surface area contributed by atoms with Crippen molar-refractivity contribution >= 4 is 29.5 Å². The third-order valence-corrected chi connectivity index (χ3v) is 9.09. The topological polar surface area (TPSA) is 125 Å². The average molecular weight is 649 g/mol. The first-order valence-electron chi connectivity index (χ1n) is 17.2. The lowest BCUT2D eigenvalue weighted by molar-refractivity contribution is -0.167. The maximum Gasteiger partial charge on any atom is 0.336 e. The SMILES string of the molecule is CCCCCCCSCCCCCCC=C[C@H](C(=O)N[C@@H](Cc1ccc(OCCCC)cc1)C(=O)NC)[C@@](O)(CCC)C(=O)O. The largest absolute Gasteiger partial charge is 0.494 e. The monoisotopic (exact) mass is 648 g/mol. The van der Waals surface area contributed by atoms with Gasteiger partial charge in [0.05, 0.1) is 12.5 Å². The minimum Gasteiger partial charge on any atom is -0.494 e. The van der Waals surface area contributed by atoms with Crippen molar-refractivity contribution in [2.75, 3.05) is 25.2 Å². The molecule has 0 aromatic heterocycles. The van der Waals surface area contributed by atoms with Gasteiger partial charge in [-0.2, -0.15) is 11.8 Å². The molecule has 0 spiro atoms. The Labute approximate surface area is 276 Å². The van der Waals surface area contributed by atoms with Crippen LogP contribution in [0.4, 0.5) is 0 Å². The number of aliphatic carboxylic acids is 1. The highest BCUT2D eigenvalue weighted by Gasteiger charge is 2.46. The number of amides is 2. The summed E-state index contributed by atoms with van der Waals surface area (Å²) < 4.78 is 5.71. The molecule has 0 saturated carbocycles. The van der Waals surface area contributed by atoms with E-state index in [1.165, 1.54) is 63.2 Å². The molecule has 0 bridgehead atoms. The number of nitrogens with one attached hydrogen (secondary N) is 2. The minimum atomic E-state index is -2.28. The van der Waals surface area contributed by atoms with Crippen LogP contribution in [-0.2, 0) is 20.8 Å². The van der Waals surface area contributed by atoms with Gasteiger partial charge in [-0.15, -0.1) is 0 Å². The van der Waals surface area contributed by atoms with E-state index >= 15 is 0 Å². The molecular weight excluding hydrogens is 588 g/mol. The first-order valence-corrected chi connectivity index (χ1v) is 18.3. The smallest absolute Gasteiger partial charge is 0.336 e. The van der Waals surface area contributed by atoms with Crippen LogP contribution in [0.2, 0.25) is 0 Å². The average Bonchev–Trinajstić information content (AvgIpc) is 3.03. The number of carboxylic acid groups (broad SMARTS) is 1. The Morgan fingerprint density at radius 1 is 0.867 bits per heavy atom. The van der Waals surface area contributed by atoms with Crippen LogP contribution in [0.3, 0.4) is 0 Å². The van der Waals surface area contributed by atoms with Crippen molar-refractivity contribution in [2.45, 2.75) is 129 Å². The second kappa shape index (κ2) is 24.7. The van der Waals surface area contributed by atoms with Crippen LogP contribution in [0, 0.1) is 5.92 Å². The zero-order valence-corrected chi connectivity index (χ0v) is 29.1. The van der Waals surface area contributed by atoms with E-state index < -0.39 is 35.3 Å². The zero-order valence-electron chi connectivity index (χ0n) is 28.3. The molecule has 2 amide bonds. The Hall–Kier alpha value is -2.52. The van der Waals surface area contributed by atoms with Gasteiger partial charge < -0.3 is 25.6 Å². The van der Waals surface area contributed by atoms with Crippen molar-refractivity contribution in [3.8, 4) is 5.75 Å². The predicted molar refractivity (Wildman–Crippen MR) is 186 cm³/mol. The van der Waals surface area contributed by atoms with E-state index in [4.69, 9.17) is 4.74 Å². The number of hydrogen-bond acceptors (Lipinski definition) is 6. The molecule has 0 radical (unpaired) electrons. The summed E-state index contributed by atoms with van der Waals surface area (Å²) in [6, 6.07) is 6.41. The van der Waals surface area contributed by atoms with Gasteiger partial charge >= 0.3 is 5.97 Å². The first kappa shape index (κ1) is 40.5. The molecule has 9 heteroatoms. The molecule has 1 aromatic carbocycles. The molecule has 3 atom stereocenters. The molecule has 45 heavy (non-hydrogen) atoms. The van der Waals surface area contributed by atoms with Crippen LogP contribution in [0.1, 0.15) is 116 Å². The fourth-order valence-electron chi connectivity index (χ4n) is 5.14. The number of ether oxygens (including phenoxy) is 1.